The van der Waals surface area contributed by atoms with Gasteiger partial charge in [0, 0.05) is 38.8 Å². The van der Waals surface area contributed by atoms with Gasteiger partial charge in [-0.25, -0.2) is 14.6 Å². The third kappa shape index (κ3) is 6.21. The highest BCUT2D eigenvalue weighted by Gasteiger charge is 2.33. The first-order valence-electron chi connectivity index (χ1n) is 12.5. The van der Waals surface area contributed by atoms with Gasteiger partial charge >= 0.3 is 12.1 Å². The lowest BCUT2D eigenvalue weighted by atomic mass is 10.1. The number of amidine groups is 1. The lowest BCUT2D eigenvalue weighted by Gasteiger charge is -2.28. The van der Waals surface area contributed by atoms with Crippen molar-refractivity contribution in [3.8, 4) is 17.4 Å². The molecule has 3 aliphatic heterocycles. The zero-order chi connectivity index (χ0) is 27.2. The summed E-state index contributed by atoms with van der Waals surface area (Å²) in [4.78, 5) is 41.7. The van der Waals surface area contributed by atoms with Crippen LogP contribution in [0.4, 0.5) is 20.4 Å². The molecule has 0 aliphatic carbocycles. The fourth-order valence-corrected chi connectivity index (χ4v) is 4.94. The Bertz CT molecular complexity index is 1280. The van der Waals surface area contributed by atoms with E-state index < -0.39 is 12.1 Å². The molecule has 1 aromatic carbocycles. The van der Waals surface area contributed by atoms with Crippen LogP contribution in [0, 0.1) is 0 Å². The summed E-state index contributed by atoms with van der Waals surface area (Å²) in [5.41, 5.74) is 1.30. The van der Waals surface area contributed by atoms with Crippen molar-refractivity contribution in [1.82, 2.24) is 25.4 Å². The highest BCUT2D eigenvalue weighted by Crippen LogP contribution is 2.43. The number of urea groups is 1. The first-order valence-corrected chi connectivity index (χ1v) is 13.4. The molecule has 0 unspecified atom stereocenters. The summed E-state index contributed by atoms with van der Waals surface area (Å²) in [5.74, 6) is 2.00. The van der Waals surface area contributed by atoms with Crippen LogP contribution in [-0.4, -0.2) is 105 Å². The third-order valence-electron chi connectivity index (χ3n) is 6.18. The average Bonchev–Trinajstić information content (AvgIpc) is 3.61. The number of benzene rings is 1. The number of thiazole rings is 1. The van der Waals surface area contributed by atoms with Crippen LogP contribution in [0.5, 0.6) is 17.4 Å². The van der Waals surface area contributed by atoms with Gasteiger partial charge < -0.3 is 24.3 Å². The average molecular weight is 559 g/mol. The Labute approximate surface area is 229 Å². The minimum absolute atomic E-state index is 0.0429. The van der Waals surface area contributed by atoms with E-state index in [2.05, 4.69) is 30.8 Å². The summed E-state index contributed by atoms with van der Waals surface area (Å²) < 4.78 is 22.5. The summed E-state index contributed by atoms with van der Waals surface area (Å²) in [6.07, 6.45) is 0.0781. The standard InChI is InChI=1S/C24H30N8O6S/c1-25-22(33)30-23-27-17(14-39-23)38-24(34)29-21-28-18-15(20-26-6-8-32(20)21)4-5-16(19(18)35-2)37-11-3-7-31-9-12-36-13-10-31/h4-5,14H,3,6-13H2,1-2H3,(H,28,29,34)(H2,25,27,30,33). The lowest BCUT2D eigenvalue weighted by Crippen LogP contribution is -2.48. The maximum atomic E-state index is 12.7. The second-order valence-corrected chi connectivity index (χ2v) is 9.51. The van der Waals surface area contributed by atoms with Crippen molar-refractivity contribution in [1.29, 1.82) is 0 Å². The van der Waals surface area contributed by atoms with Crippen molar-refractivity contribution >= 4 is 46.1 Å². The summed E-state index contributed by atoms with van der Waals surface area (Å²) in [5, 5.41) is 9.44. The smallest absolute Gasteiger partial charge is 0.420 e. The van der Waals surface area contributed by atoms with Crippen LogP contribution >= 0.6 is 11.3 Å². The van der Waals surface area contributed by atoms with Gasteiger partial charge in [-0.05, 0) is 18.6 Å². The molecule has 0 atom stereocenters. The molecule has 14 nitrogen and oxygen atoms in total. The molecule has 3 amide bonds. The number of nitrogens with one attached hydrogen (secondary N) is 3. The largest absolute Gasteiger partial charge is 0.491 e. The van der Waals surface area contributed by atoms with Gasteiger partial charge in [0.05, 0.1) is 38.9 Å². The van der Waals surface area contributed by atoms with E-state index in [1.807, 2.05) is 17.0 Å². The fraction of sp³-hybridized carbons (Fsp3) is 0.458. The van der Waals surface area contributed by atoms with Crippen molar-refractivity contribution in [3.63, 3.8) is 0 Å². The number of aliphatic imine (C=N–C) groups is 2. The number of hydrogen-bond acceptors (Lipinski definition) is 12. The van der Waals surface area contributed by atoms with Gasteiger partial charge in [-0.15, -0.1) is 11.3 Å². The van der Waals surface area contributed by atoms with Crippen LogP contribution in [0.15, 0.2) is 27.5 Å². The van der Waals surface area contributed by atoms with Gasteiger partial charge in [-0.3, -0.25) is 25.4 Å². The number of hydrogen-bond donors (Lipinski definition) is 3. The molecule has 15 heteroatoms. The zero-order valence-corrected chi connectivity index (χ0v) is 22.5. The summed E-state index contributed by atoms with van der Waals surface area (Å²) in [6, 6.07) is 3.34. The number of ether oxygens (including phenoxy) is 4. The van der Waals surface area contributed by atoms with Crippen molar-refractivity contribution in [2.75, 3.05) is 72.0 Å². The summed E-state index contributed by atoms with van der Waals surface area (Å²) in [7, 11) is 3.05. The molecule has 0 saturated carbocycles. The van der Waals surface area contributed by atoms with Crippen molar-refractivity contribution in [3.05, 3.63) is 23.1 Å². The Hall–Kier alpha value is -3.95. The molecule has 3 aliphatic rings. The van der Waals surface area contributed by atoms with Crippen LogP contribution in [0.3, 0.4) is 0 Å². The number of nitrogens with zero attached hydrogens (tertiary/aromatic N) is 5. The van der Waals surface area contributed by atoms with Gasteiger partial charge in [0.15, 0.2) is 16.6 Å². The minimum atomic E-state index is -0.783. The van der Waals surface area contributed by atoms with E-state index in [1.165, 1.54) is 12.4 Å². The van der Waals surface area contributed by atoms with Crippen molar-refractivity contribution in [2.45, 2.75) is 6.42 Å². The topological polar surface area (TPSA) is 151 Å². The van der Waals surface area contributed by atoms with Gasteiger partial charge in [0.2, 0.25) is 11.8 Å². The van der Waals surface area contributed by atoms with E-state index in [-0.39, 0.29) is 17.0 Å². The molecule has 5 rings (SSSR count). The Balaban J connectivity index is 1.28. The fourth-order valence-electron chi connectivity index (χ4n) is 4.33. The number of carbonyl (C=O) groups excluding carboxylic acids is 2. The highest BCUT2D eigenvalue weighted by molar-refractivity contribution is 7.14. The number of fused-ring (bicyclic) bond motifs is 3. The second kappa shape index (κ2) is 12.3. The number of amides is 3. The first kappa shape index (κ1) is 26.6. The Morgan fingerprint density at radius 2 is 2.03 bits per heavy atom. The van der Waals surface area contributed by atoms with Crippen molar-refractivity contribution < 1.29 is 28.5 Å². The molecular weight excluding hydrogens is 528 g/mol. The van der Waals surface area contributed by atoms with E-state index in [0.717, 1.165) is 56.2 Å². The van der Waals surface area contributed by atoms with Gasteiger partial charge in [0.1, 0.15) is 11.5 Å². The van der Waals surface area contributed by atoms with Crippen LogP contribution in [-0.2, 0) is 4.74 Å². The SMILES string of the molecule is CNC(=O)Nc1nc(OC(=O)NC2=Nc3c(ccc(OCCCN4CCOCC4)c3OC)C3=NCCN23)cs1. The quantitative estimate of drug-likeness (QED) is 0.412. The molecule has 1 fully saturated rings. The minimum Gasteiger partial charge on any atom is -0.491 e. The predicted octanol–water partition coefficient (Wildman–Crippen LogP) is 1.86. The van der Waals surface area contributed by atoms with E-state index in [0.29, 0.717) is 42.7 Å². The van der Waals surface area contributed by atoms with E-state index in [9.17, 15) is 9.59 Å². The molecule has 0 bridgehead atoms. The van der Waals surface area contributed by atoms with E-state index in [1.54, 1.807) is 7.11 Å². The second-order valence-electron chi connectivity index (χ2n) is 8.65. The van der Waals surface area contributed by atoms with Gasteiger partial charge in [-0.1, -0.05) is 0 Å². The van der Waals surface area contributed by atoms with E-state index in [4.69, 9.17) is 23.9 Å². The van der Waals surface area contributed by atoms with Crippen LogP contribution in [0.1, 0.15) is 12.0 Å². The molecule has 208 valence electrons. The first-order chi connectivity index (χ1) is 19.1. The maximum absolute atomic E-state index is 12.7. The van der Waals surface area contributed by atoms with E-state index >= 15 is 0 Å². The van der Waals surface area contributed by atoms with Crippen LogP contribution in [0.2, 0.25) is 0 Å². The lowest BCUT2D eigenvalue weighted by molar-refractivity contribution is 0.0357. The summed E-state index contributed by atoms with van der Waals surface area (Å²) >= 11 is 1.12. The molecule has 1 saturated heterocycles. The Kier molecular flexibility index (Phi) is 8.39. The molecule has 39 heavy (non-hydrogen) atoms. The predicted molar refractivity (Wildman–Crippen MR) is 145 cm³/mol. The van der Waals surface area contributed by atoms with Gasteiger partial charge in [0.25, 0.3) is 0 Å². The van der Waals surface area contributed by atoms with Crippen molar-refractivity contribution in [2.24, 2.45) is 9.98 Å². The van der Waals surface area contributed by atoms with Crippen LogP contribution in [0.25, 0.3) is 0 Å². The number of aromatic nitrogens is 1. The normalized spacial score (nSPS) is 16.4. The molecule has 0 radical (unpaired) electrons. The molecule has 3 N–H and O–H groups in total. The van der Waals surface area contributed by atoms with Gasteiger partial charge in [-0.2, -0.15) is 4.98 Å². The molecule has 4 heterocycles. The number of morpholine rings is 1. The maximum Gasteiger partial charge on any atom is 0.420 e. The molecule has 2 aromatic rings. The number of guanidine groups is 1. The Morgan fingerprint density at radius 1 is 1.18 bits per heavy atom. The molecule has 1 aromatic heterocycles. The third-order valence-corrected chi connectivity index (χ3v) is 6.91. The molecular formula is C24H30N8O6S. The van der Waals surface area contributed by atoms with Crippen LogP contribution < -0.4 is 30.2 Å². The number of anilines is 1. The molecule has 0 spiro atoms. The monoisotopic (exact) mass is 558 g/mol. The summed E-state index contributed by atoms with van der Waals surface area (Å²) in [6.45, 7) is 5.95. The number of rotatable bonds is 8. The zero-order valence-electron chi connectivity index (χ0n) is 21.7. The number of carbonyl (C=O) groups is 2. The number of methoxy groups -OCH3 is 1. The Morgan fingerprint density at radius 3 is 2.82 bits per heavy atom. The highest BCUT2D eigenvalue weighted by atomic mass is 32.1.